The second-order valence-electron chi connectivity index (χ2n) is 5.21. The van der Waals surface area contributed by atoms with E-state index in [-0.39, 0.29) is 5.78 Å². The number of fused-ring (bicyclic) bond motifs is 1. The fourth-order valence-corrected chi connectivity index (χ4v) is 3.92. The summed E-state index contributed by atoms with van der Waals surface area (Å²) in [7, 11) is 0. The second-order valence-corrected chi connectivity index (χ2v) is 6.23. The molecule has 0 N–H and O–H groups in total. The zero-order valence-corrected chi connectivity index (χ0v) is 12.3. The Hall–Kier alpha value is -1.78. The first kappa shape index (κ1) is 14.6. The number of aryl methyl sites for hydroxylation is 1. The SMILES string of the molecule is Cc1ccc2c(c1)C(=O)C(CCC#N)(CCC#N)CS2. The first-order valence-corrected chi connectivity index (χ1v) is 7.64. The molecule has 1 aromatic rings. The number of hydrogen-bond acceptors (Lipinski definition) is 4. The number of carbonyl (C=O) groups excluding carboxylic acids is 1. The molecule has 4 heteroatoms. The van der Waals surface area contributed by atoms with Gasteiger partial charge in [-0.15, -0.1) is 11.8 Å². The maximum absolute atomic E-state index is 12.9. The van der Waals surface area contributed by atoms with Crippen molar-refractivity contribution in [3.05, 3.63) is 29.3 Å². The number of nitrogens with zero attached hydrogens (tertiary/aromatic N) is 2. The Balaban J connectivity index is 2.37. The fraction of sp³-hybridized carbons (Fsp3) is 0.438. The predicted octanol–water partition coefficient (Wildman–Crippen LogP) is 3.88. The quantitative estimate of drug-likeness (QED) is 0.841. The van der Waals surface area contributed by atoms with Crippen LogP contribution >= 0.6 is 11.8 Å². The zero-order chi connectivity index (χ0) is 14.6. The minimum atomic E-state index is -0.545. The van der Waals surface area contributed by atoms with Gasteiger partial charge in [-0.3, -0.25) is 4.79 Å². The van der Waals surface area contributed by atoms with Gasteiger partial charge in [-0.05, 0) is 31.9 Å². The third-order valence-corrected chi connectivity index (χ3v) is 5.16. The summed E-state index contributed by atoms with van der Waals surface area (Å²) < 4.78 is 0. The van der Waals surface area contributed by atoms with E-state index in [4.69, 9.17) is 10.5 Å². The lowest BCUT2D eigenvalue weighted by atomic mass is 9.74. The topological polar surface area (TPSA) is 64.7 Å². The highest BCUT2D eigenvalue weighted by Crippen LogP contribution is 2.45. The average molecular weight is 284 g/mol. The molecule has 0 amide bonds. The molecule has 0 fully saturated rings. The van der Waals surface area contributed by atoms with Crippen molar-refractivity contribution in [2.75, 3.05) is 5.75 Å². The van der Waals surface area contributed by atoms with E-state index in [2.05, 4.69) is 12.1 Å². The summed E-state index contributed by atoms with van der Waals surface area (Å²) in [4.78, 5) is 13.9. The Morgan fingerprint density at radius 2 is 1.90 bits per heavy atom. The lowest BCUT2D eigenvalue weighted by Gasteiger charge is -2.35. The Labute approximate surface area is 123 Å². The molecule has 2 rings (SSSR count). The lowest BCUT2D eigenvalue weighted by Crippen LogP contribution is -2.37. The van der Waals surface area contributed by atoms with Gasteiger partial charge in [-0.25, -0.2) is 0 Å². The van der Waals surface area contributed by atoms with Crippen molar-refractivity contribution in [3.63, 3.8) is 0 Å². The van der Waals surface area contributed by atoms with Gasteiger partial charge < -0.3 is 0 Å². The second kappa shape index (κ2) is 6.11. The van der Waals surface area contributed by atoms with Crippen LogP contribution < -0.4 is 0 Å². The van der Waals surface area contributed by atoms with E-state index < -0.39 is 5.41 Å². The van der Waals surface area contributed by atoms with Crippen LogP contribution in [-0.2, 0) is 0 Å². The molecule has 0 aliphatic carbocycles. The molecule has 1 heterocycles. The van der Waals surface area contributed by atoms with Gasteiger partial charge in [0.15, 0.2) is 5.78 Å². The van der Waals surface area contributed by atoms with Crippen molar-refractivity contribution in [1.82, 2.24) is 0 Å². The van der Waals surface area contributed by atoms with Crippen LogP contribution in [0, 0.1) is 35.0 Å². The first-order chi connectivity index (χ1) is 9.63. The number of rotatable bonds is 4. The van der Waals surface area contributed by atoms with Gasteiger partial charge in [0.2, 0.25) is 0 Å². The van der Waals surface area contributed by atoms with Crippen molar-refractivity contribution in [2.24, 2.45) is 5.41 Å². The van der Waals surface area contributed by atoms with Crippen molar-refractivity contribution in [2.45, 2.75) is 37.5 Å². The summed E-state index contributed by atoms with van der Waals surface area (Å²) in [5.74, 6) is 0.783. The average Bonchev–Trinajstić information content (AvgIpc) is 2.46. The molecule has 102 valence electrons. The van der Waals surface area contributed by atoms with Gasteiger partial charge in [-0.1, -0.05) is 11.6 Å². The van der Waals surface area contributed by atoms with Crippen LogP contribution in [0.25, 0.3) is 0 Å². The van der Waals surface area contributed by atoms with Crippen molar-refractivity contribution >= 4 is 17.5 Å². The highest BCUT2D eigenvalue weighted by Gasteiger charge is 2.42. The normalized spacial score (nSPS) is 16.1. The molecule has 3 nitrogen and oxygen atoms in total. The van der Waals surface area contributed by atoms with Gasteiger partial charge in [0, 0.05) is 34.5 Å². The number of Topliss-reactive ketones (excluding diaryl/α,β-unsaturated/α-hetero) is 1. The molecule has 1 aliphatic rings. The van der Waals surface area contributed by atoms with Crippen LogP contribution in [0.5, 0.6) is 0 Å². The van der Waals surface area contributed by atoms with E-state index >= 15 is 0 Å². The zero-order valence-electron chi connectivity index (χ0n) is 11.5. The summed E-state index contributed by atoms with van der Waals surface area (Å²) >= 11 is 1.67. The van der Waals surface area contributed by atoms with Crippen LogP contribution in [0.4, 0.5) is 0 Å². The number of carbonyl (C=O) groups is 1. The minimum Gasteiger partial charge on any atom is -0.293 e. The number of nitriles is 2. The minimum absolute atomic E-state index is 0.112. The number of benzene rings is 1. The van der Waals surface area contributed by atoms with E-state index in [0.717, 1.165) is 16.0 Å². The van der Waals surface area contributed by atoms with Gasteiger partial charge in [0.1, 0.15) is 0 Å². The fourth-order valence-electron chi connectivity index (χ4n) is 2.60. The number of ketones is 1. The maximum Gasteiger partial charge on any atom is 0.171 e. The van der Waals surface area contributed by atoms with Crippen molar-refractivity contribution in [1.29, 1.82) is 10.5 Å². The molecule has 0 atom stereocenters. The van der Waals surface area contributed by atoms with Crippen LogP contribution in [-0.4, -0.2) is 11.5 Å². The third kappa shape index (κ3) is 2.71. The Morgan fingerprint density at radius 1 is 1.25 bits per heavy atom. The largest absolute Gasteiger partial charge is 0.293 e. The molecule has 0 aromatic heterocycles. The van der Waals surface area contributed by atoms with Gasteiger partial charge in [0.05, 0.1) is 12.1 Å². The first-order valence-electron chi connectivity index (χ1n) is 6.65. The Bertz CT molecular complexity index is 592. The molecule has 20 heavy (non-hydrogen) atoms. The maximum atomic E-state index is 12.9. The molecular weight excluding hydrogens is 268 g/mol. The van der Waals surface area contributed by atoms with Crippen molar-refractivity contribution < 1.29 is 4.79 Å². The van der Waals surface area contributed by atoms with Gasteiger partial charge >= 0.3 is 0 Å². The molecule has 0 bridgehead atoms. The molecule has 0 saturated carbocycles. The number of thioether (sulfide) groups is 1. The summed E-state index contributed by atoms with van der Waals surface area (Å²) in [5.41, 5.74) is 1.28. The summed E-state index contributed by atoms with van der Waals surface area (Å²) in [6.45, 7) is 1.97. The lowest BCUT2D eigenvalue weighted by molar-refractivity contribution is 0.0790. The molecule has 1 aliphatic heterocycles. The number of hydrogen-bond donors (Lipinski definition) is 0. The van der Waals surface area contributed by atoms with Gasteiger partial charge in [0.25, 0.3) is 0 Å². The van der Waals surface area contributed by atoms with Gasteiger partial charge in [-0.2, -0.15) is 10.5 Å². The van der Waals surface area contributed by atoms with E-state index in [0.29, 0.717) is 31.4 Å². The highest BCUT2D eigenvalue weighted by molar-refractivity contribution is 7.99. The van der Waals surface area contributed by atoms with Crippen LogP contribution in [0.2, 0.25) is 0 Å². The van der Waals surface area contributed by atoms with E-state index in [1.807, 2.05) is 25.1 Å². The van der Waals surface area contributed by atoms with E-state index in [1.165, 1.54) is 0 Å². The molecule has 0 saturated heterocycles. The highest BCUT2D eigenvalue weighted by atomic mass is 32.2. The third-order valence-electron chi connectivity index (χ3n) is 3.80. The van der Waals surface area contributed by atoms with Crippen LogP contribution in [0.15, 0.2) is 23.1 Å². The summed E-state index contributed by atoms with van der Waals surface area (Å²) in [6.07, 6.45) is 1.81. The van der Waals surface area contributed by atoms with Crippen LogP contribution in [0.3, 0.4) is 0 Å². The molecule has 0 unspecified atom stereocenters. The summed E-state index contributed by atoms with van der Waals surface area (Å²) in [6, 6.07) is 10.2. The van der Waals surface area contributed by atoms with E-state index in [1.54, 1.807) is 11.8 Å². The predicted molar refractivity (Wildman–Crippen MR) is 78.4 cm³/mol. The molecule has 0 radical (unpaired) electrons. The Kier molecular flexibility index (Phi) is 4.47. The van der Waals surface area contributed by atoms with E-state index in [9.17, 15) is 4.79 Å². The smallest absolute Gasteiger partial charge is 0.171 e. The Morgan fingerprint density at radius 3 is 2.50 bits per heavy atom. The molecule has 0 spiro atoms. The van der Waals surface area contributed by atoms with Crippen LogP contribution in [0.1, 0.15) is 41.6 Å². The summed E-state index contributed by atoms with van der Waals surface area (Å²) in [5, 5.41) is 17.7. The van der Waals surface area contributed by atoms with Crippen molar-refractivity contribution in [3.8, 4) is 12.1 Å². The monoisotopic (exact) mass is 284 g/mol. The molecule has 1 aromatic carbocycles. The standard InChI is InChI=1S/C16H16N2OS/c1-12-4-5-14-13(10-12)15(19)16(11-20-14,6-2-8-17)7-3-9-18/h4-5,10H,2-3,6-7,11H2,1H3. The molecular formula is C16H16N2OS.